The van der Waals surface area contributed by atoms with Crippen molar-refractivity contribution in [3.63, 3.8) is 0 Å². The number of aryl methyl sites for hydroxylation is 1. The van der Waals surface area contributed by atoms with E-state index in [-0.39, 0.29) is 11.9 Å². The van der Waals surface area contributed by atoms with Crippen LogP contribution in [-0.2, 0) is 9.53 Å². The van der Waals surface area contributed by atoms with Crippen molar-refractivity contribution in [2.24, 2.45) is 0 Å². The number of carbonyl (C=O) groups excluding carboxylic acids is 1. The average molecular weight is 504 g/mol. The summed E-state index contributed by atoms with van der Waals surface area (Å²) in [5.41, 5.74) is 7.24. The van der Waals surface area contributed by atoms with E-state index in [0.717, 1.165) is 44.9 Å². The van der Waals surface area contributed by atoms with Gasteiger partial charge >= 0.3 is 5.97 Å². The minimum Gasteiger partial charge on any atom is -0.466 e. The number of hydrogen-bond acceptors (Lipinski definition) is 6. The third kappa shape index (κ3) is 5.20. The van der Waals surface area contributed by atoms with E-state index in [4.69, 9.17) is 14.2 Å². The molecule has 5 aromatic rings. The molecule has 190 valence electrons. The molecule has 6 nitrogen and oxygen atoms in total. The van der Waals surface area contributed by atoms with Gasteiger partial charge in [0.2, 0.25) is 0 Å². The Labute approximate surface area is 222 Å². The summed E-state index contributed by atoms with van der Waals surface area (Å²) in [6, 6.07) is 32.0. The van der Waals surface area contributed by atoms with Gasteiger partial charge in [-0.1, -0.05) is 90.1 Å². The van der Waals surface area contributed by atoms with Crippen molar-refractivity contribution in [2.45, 2.75) is 26.7 Å². The molecule has 38 heavy (non-hydrogen) atoms. The molecule has 2 heterocycles. The first-order valence-electron chi connectivity index (χ1n) is 12.7. The smallest absolute Gasteiger partial charge is 0.313 e. The van der Waals surface area contributed by atoms with Crippen molar-refractivity contribution in [1.82, 2.24) is 10.1 Å². The van der Waals surface area contributed by atoms with E-state index in [9.17, 15) is 4.79 Å². The summed E-state index contributed by atoms with van der Waals surface area (Å²) < 4.78 is 11.0. The number of hydrogen-bond donors (Lipinski definition) is 1. The predicted octanol–water partition coefficient (Wildman–Crippen LogP) is 7.79. The Bertz CT molecular complexity index is 1540. The SMILES string of the molecule is CCOC(=O)C(C)c1ccc(-c2ccccc2-c2onc(C)c2Nc2cccc(-c3ccccc3)n2)cc1. The van der Waals surface area contributed by atoms with E-state index in [1.165, 1.54) is 0 Å². The van der Waals surface area contributed by atoms with Crippen LogP contribution in [0.5, 0.6) is 0 Å². The standard InChI is InChI=1S/C32H29N3O3/c1-4-37-32(36)21(2)23-17-19-24(20-18-23)26-13-8-9-14-27(26)31-30(22(3)35-38-31)34-29-16-10-15-28(33-29)25-11-6-5-7-12-25/h5-21H,4H2,1-3H3,(H,33,34). The molecule has 0 radical (unpaired) electrons. The van der Waals surface area contributed by atoms with Crippen LogP contribution in [0, 0.1) is 6.92 Å². The minimum absolute atomic E-state index is 0.224. The topological polar surface area (TPSA) is 77.2 Å². The number of benzene rings is 3. The van der Waals surface area contributed by atoms with Gasteiger partial charge in [0.05, 0.1) is 18.2 Å². The van der Waals surface area contributed by atoms with Gasteiger partial charge in [-0.05, 0) is 49.6 Å². The van der Waals surface area contributed by atoms with Gasteiger partial charge in [0.1, 0.15) is 17.2 Å². The Morgan fingerprint density at radius 2 is 1.58 bits per heavy atom. The van der Waals surface area contributed by atoms with E-state index in [2.05, 4.69) is 16.5 Å². The normalized spacial score (nSPS) is 11.7. The zero-order valence-electron chi connectivity index (χ0n) is 21.6. The molecule has 5 rings (SSSR count). The summed E-state index contributed by atoms with van der Waals surface area (Å²) in [4.78, 5) is 17.0. The maximum atomic E-state index is 12.2. The molecule has 0 saturated heterocycles. The number of anilines is 2. The first-order valence-corrected chi connectivity index (χ1v) is 12.7. The van der Waals surface area contributed by atoms with Crippen molar-refractivity contribution in [2.75, 3.05) is 11.9 Å². The molecule has 0 saturated carbocycles. The Balaban J connectivity index is 1.47. The summed E-state index contributed by atoms with van der Waals surface area (Å²) in [5, 5.41) is 7.70. The van der Waals surface area contributed by atoms with Gasteiger partial charge in [-0.15, -0.1) is 0 Å². The number of esters is 1. The lowest BCUT2D eigenvalue weighted by Gasteiger charge is -2.13. The molecular weight excluding hydrogens is 474 g/mol. The van der Waals surface area contributed by atoms with E-state index in [1.54, 1.807) is 0 Å². The van der Waals surface area contributed by atoms with Gasteiger partial charge in [0.25, 0.3) is 0 Å². The third-order valence-corrected chi connectivity index (χ3v) is 6.47. The summed E-state index contributed by atoms with van der Waals surface area (Å²) in [6.45, 7) is 5.95. The molecule has 1 unspecified atom stereocenters. The van der Waals surface area contributed by atoms with Gasteiger partial charge in [0.15, 0.2) is 5.76 Å². The molecular formula is C32H29N3O3. The predicted molar refractivity (Wildman–Crippen MR) is 150 cm³/mol. The second kappa shape index (κ2) is 11.1. The first-order chi connectivity index (χ1) is 18.5. The zero-order valence-corrected chi connectivity index (χ0v) is 21.6. The van der Waals surface area contributed by atoms with Crippen LogP contribution >= 0.6 is 0 Å². The van der Waals surface area contributed by atoms with Crippen LogP contribution in [-0.4, -0.2) is 22.7 Å². The number of nitrogens with one attached hydrogen (secondary N) is 1. The van der Waals surface area contributed by atoms with Crippen molar-refractivity contribution in [3.8, 4) is 33.7 Å². The van der Waals surface area contributed by atoms with Crippen LogP contribution in [0.25, 0.3) is 33.7 Å². The third-order valence-electron chi connectivity index (χ3n) is 6.47. The average Bonchev–Trinajstić information content (AvgIpc) is 3.33. The number of carbonyl (C=O) groups is 1. The van der Waals surface area contributed by atoms with Crippen LogP contribution in [0.15, 0.2) is 102 Å². The largest absolute Gasteiger partial charge is 0.466 e. The number of rotatable bonds is 8. The lowest BCUT2D eigenvalue weighted by atomic mass is 9.94. The monoisotopic (exact) mass is 503 g/mol. The van der Waals surface area contributed by atoms with Crippen molar-refractivity contribution >= 4 is 17.5 Å². The molecule has 6 heteroatoms. The Kier molecular flexibility index (Phi) is 7.31. The van der Waals surface area contributed by atoms with Crippen LogP contribution in [0.1, 0.15) is 31.0 Å². The highest BCUT2D eigenvalue weighted by Gasteiger charge is 2.20. The van der Waals surface area contributed by atoms with E-state index >= 15 is 0 Å². The van der Waals surface area contributed by atoms with Crippen molar-refractivity contribution < 1.29 is 14.1 Å². The number of aromatic nitrogens is 2. The van der Waals surface area contributed by atoms with E-state index < -0.39 is 0 Å². The molecule has 3 aromatic carbocycles. The van der Waals surface area contributed by atoms with Gasteiger partial charge < -0.3 is 14.6 Å². The molecule has 0 aliphatic carbocycles. The Morgan fingerprint density at radius 3 is 2.32 bits per heavy atom. The zero-order chi connectivity index (χ0) is 26.5. The highest BCUT2D eigenvalue weighted by atomic mass is 16.5. The second-order valence-electron chi connectivity index (χ2n) is 9.01. The quantitative estimate of drug-likeness (QED) is 0.218. The fraction of sp³-hybridized carbons (Fsp3) is 0.156. The van der Waals surface area contributed by atoms with Crippen LogP contribution in [0.2, 0.25) is 0 Å². The molecule has 1 atom stereocenters. The molecule has 0 amide bonds. The van der Waals surface area contributed by atoms with Gasteiger partial charge in [0, 0.05) is 11.1 Å². The summed E-state index contributed by atoms with van der Waals surface area (Å²) in [7, 11) is 0. The van der Waals surface area contributed by atoms with Crippen molar-refractivity contribution in [1.29, 1.82) is 0 Å². The fourth-order valence-electron chi connectivity index (χ4n) is 4.39. The summed E-state index contributed by atoms with van der Waals surface area (Å²) >= 11 is 0. The molecule has 1 N–H and O–H groups in total. The van der Waals surface area contributed by atoms with Gasteiger partial charge in [-0.25, -0.2) is 4.98 Å². The van der Waals surface area contributed by atoms with E-state index in [0.29, 0.717) is 18.2 Å². The Hall–Kier alpha value is -4.71. The molecule has 2 aromatic heterocycles. The van der Waals surface area contributed by atoms with Crippen LogP contribution in [0.4, 0.5) is 11.5 Å². The molecule has 0 aliphatic heterocycles. The fourth-order valence-corrected chi connectivity index (χ4v) is 4.39. The maximum Gasteiger partial charge on any atom is 0.313 e. The molecule has 0 spiro atoms. The lowest BCUT2D eigenvalue weighted by molar-refractivity contribution is -0.144. The number of pyridine rings is 1. The summed E-state index contributed by atoms with van der Waals surface area (Å²) in [5.74, 6) is 0.784. The lowest BCUT2D eigenvalue weighted by Crippen LogP contribution is -2.12. The highest BCUT2D eigenvalue weighted by Crippen LogP contribution is 2.39. The van der Waals surface area contributed by atoms with Crippen LogP contribution < -0.4 is 5.32 Å². The highest BCUT2D eigenvalue weighted by molar-refractivity contribution is 5.88. The maximum absolute atomic E-state index is 12.2. The van der Waals surface area contributed by atoms with E-state index in [1.807, 2.05) is 112 Å². The van der Waals surface area contributed by atoms with Gasteiger partial charge in [-0.2, -0.15) is 0 Å². The second-order valence-corrected chi connectivity index (χ2v) is 9.01. The van der Waals surface area contributed by atoms with Crippen LogP contribution in [0.3, 0.4) is 0 Å². The first kappa shape index (κ1) is 25.0. The number of nitrogens with zero attached hydrogens (tertiary/aromatic N) is 2. The molecule has 0 aliphatic rings. The van der Waals surface area contributed by atoms with Gasteiger partial charge in [-0.3, -0.25) is 4.79 Å². The Morgan fingerprint density at radius 1 is 0.868 bits per heavy atom. The number of ether oxygens (including phenoxy) is 1. The summed E-state index contributed by atoms with van der Waals surface area (Å²) in [6.07, 6.45) is 0. The van der Waals surface area contributed by atoms with Crippen molar-refractivity contribution in [3.05, 3.63) is 108 Å². The minimum atomic E-state index is -0.328. The molecule has 0 bridgehead atoms. The molecule has 0 fully saturated rings.